The highest BCUT2D eigenvalue weighted by Crippen LogP contribution is 2.20. The molecule has 76 valence electrons. The van der Waals surface area contributed by atoms with Crippen LogP contribution in [0, 0.1) is 5.82 Å². The minimum Gasteiger partial charge on any atom is -0.319 e. The van der Waals surface area contributed by atoms with E-state index in [9.17, 15) is 4.39 Å². The number of hydrogen-bond acceptors (Lipinski definition) is 1. The smallest absolute Gasteiger partial charge is 0.131 e. The summed E-state index contributed by atoms with van der Waals surface area (Å²) in [5.74, 6) is -0.279. The zero-order valence-electron chi connectivity index (χ0n) is 8.06. The number of hydrogen-bond donors (Lipinski definition) is 1. The maximum Gasteiger partial charge on any atom is 0.131 e. The molecule has 0 aliphatic carbocycles. The number of benzene rings is 1. The maximum atomic E-state index is 13.2. The summed E-state index contributed by atoms with van der Waals surface area (Å²) < 4.78 is 13.2. The molecule has 0 saturated carbocycles. The number of nitrogens with one attached hydrogen (secondary N) is 1. The van der Waals surface area contributed by atoms with Gasteiger partial charge in [-0.05, 0) is 32.1 Å². The summed E-state index contributed by atoms with van der Waals surface area (Å²) in [5, 5.41) is 3.45. The first-order chi connectivity index (χ1) is 6.75. The lowest BCUT2D eigenvalue weighted by molar-refractivity contribution is 0.625. The van der Waals surface area contributed by atoms with Gasteiger partial charge < -0.3 is 5.32 Å². The first-order valence-corrected chi connectivity index (χ1v) is 4.88. The van der Waals surface area contributed by atoms with Gasteiger partial charge >= 0.3 is 0 Å². The van der Waals surface area contributed by atoms with Gasteiger partial charge in [0.05, 0.1) is 5.02 Å². The van der Waals surface area contributed by atoms with E-state index in [0.717, 1.165) is 13.0 Å². The Bertz CT molecular complexity index is 303. The van der Waals surface area contributed by atoms with Gasteiger partial charge in [-0.15, -0.1) is 0 Å². The van der Waals surface area contributed by atoms with E-state index in [1.807, 2.05) is 13.1 Å². The summed E-state index contributed by atoms with van der Waals surface area (Å²) in [6.07, 6.45) is 4.48. The fourth-order valence-electron chi connectivity index (χ4n) is 1.10. The van der Waals surface area contributed by atoms with Crippen molar-refractivity contribution >= 4 is 17.7 Å². The van der Waals surface area contributed by atoms with Gasteiger partial charge in [-0.25, -0.2) is 4.39 Å². The molecule has 0 spiro atoms. The van der Waals surface area contributed by atoms with Crippen LogP contribution in [0.1, 0.15) is 12.0 Å². The molecule has 1 rings (SSSR count). The minimum atomic E-state index is -0.279. The van der Waals surface area contributed by atoms with E-state index in [-0.39, 0.29) is 5.82 Å². The van der Waals surface area contributed by atoms with Crippen LogP contribution in [0.25, 0.3) is 6.08 Å². The zero-order chi connectivity index (χ0) is 10.4. The van der Waals surface area contributed by atoms with Crippen molar-refractivity contribution in [3.05, 3.63) is 40.7 Å². The van der Waals surface area contributed by atoms with Gasteiger partial charge in [0.1, 0.15) is 5.82 Å². The molecule has 0 aliphatic rings. The van der Waals surface area contributed by atoms with Gasteiger partial charge in [-0.2, -0.15) is 0 Å². The quantitative estimate of drug-likeness (QED) is 0.758. The van der Waals surface area contributed by atoms with Crippen LogP contribution < -0.4 is 5.32 Å². The van der Waals surface area contributed by atoms with Gasteiger partial charge in [0, 0.05) is 5.56 Å². The van der Waals surface area contributed by atoms with Crippen LogP contribution in [0.4, 0.5) is 4.39 Å². The maximum absolute atomic E-state index is 13.2. The minimum absolute atomic E-state index is 0.279. The second kappa shape index (κ2) is 5.78. The molecule has 14 heavy (non-hydrogen) atoms. The summed E-state index contributed by atoms with van der Waals surface area (Å²) >= 11 is 5.84. The molecule has 0 amide bonds. The van der Waals surface area contributed by atoms with Crippen LogP contribution in [-0.4, -0.2) is 13.6 Å². The molecule has 1 aromatic carbocycles. The standard InChI is InChI=1S/C11H13ClFN/c1-14-8-3-2-5-9-10(12)6-4-7-11(9)13/h2,4-7,14H,3,8H2,1H3. The predicted molar refractivity (Wildman–Crippen MR) is 59.0 cm³/mol. The summed E-state index contributed by atoms with van der Waals surface area (Å²) in [4.78, 5) is 0. The van der Waals surface area contributed by atoms with Crippen LogP contribution in [0.3, 0.4) is 0 Å². The molecule has 3 heteroatoms. The first kappa shape index (κ1) is 11.2. The van der Waals surface area contributed by atoms with Crippen molar-refractivity contribution in [2.75, 3.05) is 13.6 Å². The molecular weight excluding hydrogens is 201 g/mol. The first-order valence-electron chi connectivity index (χ1n) is 4.51. The Morgan fingerprint density at radius 2 is 2.29 bits per heavy atom. The largest absolute Gasteiger partial charge is 0.319 e. The second-order valence-electron chi connectivity index (χ2n) is 2.93. The average molecular weight is 214 g/mol. The zero-order valence-corrected chi connectivity index (χ0v) is 8.81. The van der Waals surface area contributed by atoms with E-state index >= 15 is 0 Å². The van der Waals surface area contributed by atoms with Gasteiger partial charge in [0.15, 0.2) is 0 Å². The van der Waals surface area contributed by atoms with Crippen LogP contribution in [-0.2, 0) is 0 Å². The predicted octanol–water partition coefficient (Wildman–Crippen LogP) is 3.10. The molecule has 0 heterocycles. The Kier molecular flexibility index (Phi) is 4.63. The molecule has 1 N–H and O–H groups in total. The normalized spacial score (nSPS) is 11.1. The summed E-state index contributed by atoms with van der Waals surface area (Å²) in [7, 11) is 1.88. The van der Waals surface area contributed by atoms with Gasteiger partial charge in [-0.1, -0.05) is 29.8 Å². The van der Waals surface area contributed by atoms with E-state index in [2.05, 4.69) is 5.32 Å². The topological polar surface area (TPSA) is 12.0 Å². The molecule has 0 aromatic heterocycles. The van der Waals surface area contributed by atoms with E-state index in [1.165, 1.54) is 6.07 Å². The average Bonchev–Trinajstić information content (AvgIpc) is 2.16. The van der Waals surface area contributed by atoms with E-state index < -0.39 is 0 Å². The lowest BCUT2D eigenvalue weighted by atomic mass is 10.2. The van der Waals surface area contributed by atoms with Crippen LogP contribution >= 0.6 is 11.6 Å². The molecule has 0 aliphatic heterocycles. The molecule has 0 fully saturated rings. The van der Waals surface area contributed by atoms with E-state index in [4.69, 9.17) is 11.6 Å². The molecular formula is C11H13ClFN. The Labute approximate surface area is 88.6 Å². The van der Waals surface area contributed by atoms with Gasteiger partial charge in [-0.3, -0.25) is 0 Å². The van der Waals surface area contributed by atoms with E-state index in [1.54, 1.807) is 18.2 Å². The molecule has 0 atom stereocenters. The molecule has 0 unspecified atom stereocenters. The van der Waals surface area contributed by atoms with Crippen LogP contribution in [0.15, 0.2) is 24.3 Å². The van der Waals surface area contributed by atoms with Crippen molar-refractivity contribution in [3.8, 4) is 0 Å². The highest BCUT2D eigenvalue weighted by molar-refractivity contribution is 6.32. The fourth-order valence-corrected chi connectivity index (χ4v) is 1.32. The molecule has 0 saturated heterocycles. The third kappa shape index (κ3) is 3.13. The highest BCUT2D eigenvalue weighted by atomic mass is 35.5. The fraction of sp³-hybridized carbons (Fsp3) is 0.273. The third-order valence-corrected chi connectivity index (χ3v) is 2.17. The lowest BCUT2D eigenvalue weighted by Crippen LogP contribution is -2.05. The van der Waals surface area contributed by atoms with E-state index in [0.29, 0.717) is 10.6 Å². The Morgan fingerprint density at radius 3 is 2.93 bits per heavy atom. The summed E-state index contributed by atoms with van der Waals surface area (Å²) in [6, 6.07) is 4.69. The lowest BCUT2D eigenvalue weighted by Gasteiger charge is -1.99. The van der Waals surface area contributed by atoms with Crippen molar-refractivity contribution in [1.82, 2.24) is 5.32 Å². The Balaban J connectivity index is 2.70. The van der Waals surface area contributed by atoms with Crippen molar-refractivity contribution in [2.24, 2.45) is 0 Å². The van der Waals surface area contributed by atoms with Crippen LogP contribution in [0.2, 0.25) is 5.02 Å². The molecule has 1 aromatic rings. The molecule has 0 bridgehead atoms. The summed E-state index contributed by atoms with van der Waals surface area (Å²) in [6.45, 7) is 0.878. The second-order valence-corrected chi connectivity index (χ2v) is 3.34. The van der Waals surface area contributed by atoms with Gasteiger partial charge in [0.2, 0.25) is 0 Å². The van der Waals surface area contributed by atoms with Gasteiger partial charge in [0.25, 0.3) is 0 Å². The highest BCUT2D eigenvalue weighted by Gasteiger charge is 2.01. The Hall–Kier alpha value is -0.860. The Morgan fingerprint density at radius 1 is 1.50 bits per heavy atom. The SMILES string of the molecule is CNCCC=Cc1c(F)cccc1Cl. The number of halogens is 2. The molecule has 1 nitrogen and oxygen atoms in total. The number of rotatable bonds is 4. The van der Waals surface area contributed by atoms with Crippen molar-refractivity contribution in [3.63, 3.8) is 0 Å². The summed E-state index contributed by atoms with van der Waals surface area (Å²) in [5.41, 5.74) is 0.463. The van der Waals surface area contributed by atoms with Crippen molar-refractivity contribution in [1.29, 1.82) is 0 Å². The van der Waals surface area contributed by atoms with Crippen LogP contribution in [0.5, 0.6) is 0 Å². The van der Waals surface area contributed by atoms with Crippen molar-refractivity contribution < 1.29 is 4.39 Å². The monoisotopic (exact) mass is 213 g/mol. The van der Waals surface area contributed by atoms with Crippen molar-refractivity contribution in [2.45, 2.75) is 6.42 Å². The molecule has 0 radical (unpaired) electrons. The third-order valence-electron chi connectivity index (χ3n) is 1.85.